The van der Waals surface area contributed by atoms with Crippen LogP contribution in [0.2, 0.25) is 0 Å². The molecule has 1 N–H and O–H groups in total. The van der Waals surface area contributed by atoms with E-state index in [2.05, 4.69) is 6.08 Å². The fourth-order valence-corrected chi connectivity index (χ4v) is 4.89. The number of fused-ring (bicyclic) bond motifs is 3. The molecule has 1 aliphatic heterocycles. The number of hydrogen-bond donors (Lipinski definition) is 1. The van der Waals surface area contributed by atoms with E-state index in [4.69, 9.17) is 4.74 Å². The Hall–Kier alpha value is -1.36. The van der Waals surface area contributed by atoms with Crippen LogP contribution in [-0.4, -0.2) is 47.2 Å². The first-order valence-electron chi connectivity index (χ1n) is 8.00. The van der Waals surface area contributed by atoms with Gasteiger partial charge in [-0.15, -0.1) is 0 Å². The van der Waals surface area contributed by atoms with Crippen molar-refractivity contribution < 1.29 is 19.4 Å². The second kappa shape index (κ2) is 4.83. The number of carbonyl (C=O) groups is 2. The van der Waals surface area contributed by atoms with Gasteiger partial charge in [0.25, 0.3) is 0 Å². The fourth-order valence-electron chi connectivity index (χ4n) is 4.89. The van der Waals surface area contributed by atoms with E-state index in [-0.39, 0.29) is 35.8 Å². The van der Waals surface area contributed by atoms with Crippen molar-refractivity contribution in [2.45, 2.75) is 37.8 Å². The molecule has 4 aliphatic rings. The van der Waals surface area contributed by atoms with Gasteiger partial charge in [-0.3, -0.25) is 9.59 Å². The maximum Gasteiger partial charge on any atom is 0.307 e. The van der Waals surface area contributed by atoms with Crippen molar-refractivity contribution in [2.75, 3.05) is 13.2 Å². The Kier molecular flexibility index (Phi) is 3.06. The van der Waals surface area contributed by atoms with Gasteiger partial charge in [-0.25, -0.2) is 0 Å². The SMILES string of the molecule is O=C(O)C1C2C=CC(C2)C1C(=O)N1CCOC2CCCC21. The number of ether oxygens (including phenoxy) is 1. The van der Waals surface area contributed by atoms with Gasteiger partial charge in [0.15, 0.2) is 0 Å². The van der Waals surface area contributed by atoms with Gasteiger partial charge in [-0.1, -0.05) is 12.2 Å². The summed E-state index contributed by atoms with van der Waals surface area (Å²) < 4.78 is 5.76. The van der Waals surface area contributed by atoms with Gasteiger partial charge >= 0.3 is 5.97 Å². The molecule has 3 aliphatic carbocycles. The van der Waals surface area contributed by atoms with E-state index in [0.29, 0.717) is 13.2 Å². The van der Waals surface area contributed by atoms with Crippen molar-refractivity contribution in [3.8, 4) is 0 Å². The van der Waals surface area contributed by atoms with Crippen LogP contribution in [0.4, 0.5) is 0 Å². The van der Waals surface area contributed by atoms with Gasteiger partial charge < -0.3 is 14.7 Å². The number of aliphatic carboxylic acids is 1. The maximum atomic E-state index is 13.0. The minimum Gasteiger partial charge on any atom is -0.481 e. The molecule has 2 bridgehead atoms. The molecule has 1 saturated heterocycles. The number of morpholine rings is 1. The van der Waals surface area contributed by atoms with Crippen LogP contribution in [0.25, 0.3) is 0 Å². The summed E-state index contributed by atoms with van der Waals surface area (Å²) in [6.45, 7) is 1.20. The second-order valence-electron chi connectivity index (χ2n) is 6.78. The first kappa shape index (κ1) is 13.3. The second-order valence-corrected chi connectivity index (χ2v) is 6.78. The Morgan fingerprint density at radius 2 is 1.90 bits per heavy atom. The summed E-state index contributed by atoms with van der Waals surface area (Å²) in [5, 5.41) is 9.51. The highest BCUT2D eigenvalue weighted by Crippen LogP contribution is 2.49. The number of rotatable bonds is 2. The average Bonchev–Trinajstić information content (AvgIpc) is 3.19. The molecule has 6 unspecified atom stereocenters. The molecule has 114 valence electrons. The molecule has 0 spiro atoms. The lowest BCUT2D eigenvalue weighted by Crippen LogP contribution is -2.54. The summed E-state index contributed by atoms with van der Waals surface area (Å²) in [5.74, 6) is -1.50. The highest BCUT2D eigenvalue weighted by Gasteiger charge is 2.54. The van der Waals surface area contributed by atoms with Crippen molar-refractivity contribution in [1.82, 2.24) is 4.90 Å². The van der Waals surface area contributed by atoms with Gasteiger partial charge in [0.2, 0.25) is 5.91 Å². The standard InChI is InChI=1S/C16H21NO4/c18-15(17-6-7-21-12-3-1-2-11(12)17)13-9-4-5-10(8-9)14(13)16(19)20/h4-5,9-14H,1-3,6-8H2,(H,19,20). The van der Waals surface area contributed by atoms with Crippen molar-refractivity contribution in [2.24, 2.45) is 23.7 Å². The van der Waals surface area contributed by atoms with E-state index in [1.54, 1.807) is 0 Å². The van der Waals surface area contributed by atoms with Crippen LogP contribution in [-0.2, 0) is 14.3 Å². The first-order chi connectivity index (χ1) is 10.2. The Morgan fingerprint density at radius 1 is 1.14 bits per heavy atom. The van der Waals surface area contributed by atoms with Crippen LogP contribution in [0.3, 0.4) is 0 Å². The number of amides is 1. The molecule has 2 saturated carbocycles. The molecule has 0 aromatic carbocycles. The van der Waals surface area contributed by atoms with E-state index in [9.17, 15) is 14.7 Å². The topological polar surface area (TPSA) is 66.8 Å². The zero-order chi connectivity index (χ0) is 14.6. The van der Waals surface area contributed by atoms with E-state index < -0.39 is 11.9 Å². The van der Waals surface area contributed by atoms with Crippen molar-refractivity contribution in [3.63, 3.8) is 0 Å². The number of carboxylic acid groups (broad SMARTS) is 1. The van der Waals surface area contributed by atoms with E-state index in [0.717, 1.165) is 25.7 Å². The minimum absolute atomic E-state index is 0.0434. The number of carboxylic acids is 1. The summed E-state index contributed by atoms with van der Waals surface area (Å²) in [6, 6.07) is 0.170. The lowest BCUT2D eigenvalue weighted by atomic mass is 9.81. The average molecular weight is 291 g/mol. The number of nitrogens with zero attached hydrogens (tertiary/aromatic N) is 1. The zero-order valence-corrected chi connectivity index (χ0v) is 12.0. The summed E-state index contributed by atoms with van der Waals surface area (Å²) in [6.07, 6.45) is 8.15. The molecule has 21 heavy (non-hydrogen) atoms. The number of carbonyl (C=O) groups excluding carboxylic acids is 1. The smallest absolute Gasteiger partial charge is 0.307 e. The van der Waals surface area contributed by atoms with Gasteiger partial charge in [0.05, 0.1) is 30.6 Å². The predicted molar refractivity (Wildman–Crippen MR) is 74.4 cm³/mol. The largest absolute Gasteiger partial charge is 0.481 e. The highest BCUT2D eigenvalue weighted by atomic mass is 16.5. The molecule has 4 rings (SSSR count). The Morgan fingerprint density at radius 3 is 2.67 bits per heavy atom. The normalized spacial score (nSPS) is 44.1. The highest BCUT2D eigenvalue weighted by molar-refractivity contribution is 5.87. The molecule has 3 fully saturated rings. The Balaban J connectivity index is 1.59. The summed E-state index contributed by atoms with van der Waals surface area (Å²) >= 11 is 0. The van der Waals surface area contributed by atoms with E-state index in [1.165, 1.54) is 0 Å². The fraction of sp³-hybridized carbons (Fsp3) is 0.750. The predicted octanol–water partition coefficient (Wildman–Crippen LogP) is 1.29. The molecule has 0 aromatic rings. The molecule has 0 aromatic heterocycles. The van der Waals surface area contributed by atoms with Crippen LogP contribution >= 0.6 is 0 Å². The molecule has 5 nitrogen and oxygen atoms in total. The van der Waals surface area contributed by atoms with Crippen LogP contribution in [0.1, 0.15) is 25.7 Å². The molecule has 5 heteroatoms. The van der Waals surface area contributed by atoms with Gasteiger partial charge in [-0.05, 0) is 37.5 Å². The molecule has 1 heterocycles. The molecule has 0 radical (unpaired) electrons. The van der Waals surface area contributed by atoms with Crippen molar-refractivity contribution in [3.05, 3.63) is 12.2 Å². The zero-order valence-electron chi connectivity index (χ0n) is 12.0. The lowest BCUT2D eigenvalue weighted by molar-refractivity contribution is -0.157. The van der Waals surface area contributed by atoms with Crippen LogP contribution in [0.15, 0.2) is 12.2 Å². The third-order valence-electron chi connectivity index (χ3n) is 5.79. The van der Waals surface area contributed by atoms with Gasteiger partial charge in [0, 0.05) is 6.54 Å². The van der Waals surface area contributed by atoms with Gasteiger partial charge in [-0.2, -0.15) is 0 Å². The minimum atomic E-state index is -0.818. The summed E-state index contributed by atoms with van der Waals surface area (Å²) in [5.41, 5.74) is 0. The lowest BCUT2D eigenvalue weighted by Gasteiger charge is -2.40. The van der Waals surface area contributed by atoms with E-state index in [1.807, 2.05) is 11.0 Å². The molecule has 6 atom stereocenters. The quantitative estimate of drug-likeness (QED) is 0.779. The molecular formula is C16H21NO4. The third-order valence-corrected chi connectivity index (χ3v) is 5.79. The Bertz CT molecular complexity index is 503. The summed E-state index contributed by atoms with van der Waals surface area (Å²) in [4.78, 5) is 26.5. The first-order valence-corrected chi connectivity index (χ1v) is 8.00. The molecule has 1 amide bonds. The van der Waals surface area contributed by atoms with Crippen molar-refractivity contribution in [1.29, 1.82) is 0 Å². The summed E-state index contributed by atoms with van der Waals surface area (Å²) in [7, 11) is 0. The van der Waals surface area contributed by atoms with Crippen LogP contribution in [0.5, 0.6) is 0 Å². The number of allylic oxidation sites excluding steroid dienone is 2. The van der Waals surface area contributed by atoms with Crippen molar-refractivity contribution >= 4 is 11.9 Å². The number of hydrogen-bond acceptors (Lipinski definition) is 3. The third kappa shape index (κ3) is 1.94. The van der Waals surface area contributed by atoms with Crippen LogP contribution in [0, 0.1) is 23.7 Å². The Labute approximate surface area is 123 Å². The molecular weight excluding hydrogens is 270 g/mol. The van der Waals surface area contributed by atoms with Gasteiger partial charge in [0.1, 0.15) is 0 Å². The monoisotopic (exact) mass is 291 g/mol. The maximum absolute atomic E-state index is 13.0. The van der Waals surface area contributed by atoms with Crippen LogP contribution < -0.4 is 0 Å². The van der Waals surface area contributed by atoms with E-state index >= 15 is 0 Å².